The second-order valence-electron chi connectivity index (χ2n) is 5.63. The second-order valence-corrected chi connectivity index (χ2v) is 5.63. The average molecular weight is 325 g/mol. The fraction of sp³-hybridized carbons (Fsp3) is 0.312. The fourth-order valence-electron chi connectivity index (χ4n) is 2.32. The molecule has 0 aliphatic rings. The second kappa shape index (κ2) is 6.61. The molecule has 2 aromatic heterocycles. The summed E-state index contributed by atoms with van der Waals surface area (Å²) in [6, 6.07) is 9.12. The lowest BCUT2D eigenvalue weighted by Gasteiger charge is -2.09. The van der Waals surface area contributed by atoms with Crippen LogP contribution in [0.2, 0.25) is 0 Å². The van der Waals surface area contributed by atoms with Crippen molar-refractivity contribution in [2.24, 2.45) is 0 Å². The first-order valence-electron chi connectivity index (χ1n) is 7.81. The molecule has 0 saturated carbocycles. The third kappa shape index (κ3) is 3.17. The van der Waals surface area contributed by atoms with Crippen LogP contribution in [0.1, 0.15) is 37.2 Å². The monoisotopic (exact) mass is 325 g/mol. The van der Waals surface area contributed by atoms with Gasteiger partial charge in [-0.25, -0.2) is 4.68 Å². The molecule has 1 amide bonds. The Bertz CT molecular complexity index is 849. The summed E-state index contributed by atoms with van der Waals surface area (Å²) in [7, 11) is 0. The van der Waals surface area contributed by atoms with Crippen LogP contribution in [0.25, 0.3) is 11.4 Å². The SMILES string of the molecule is CCn1ccc(NC(=O)c2cccc(-c3nnnn3C(C)C)c2)n1. The first kappa shape index (κ1) is 15.9. The number of benzene rings is 1. The van der Waals surface area contributed by atoms with Crippen molar-refractivity contribution in [3.05, 3.63) is 42.1 Å². The van der Waals surface area contributed by atoms with E-state index in [-0.39, 0.29) is 11.9 Å². The number of amides is 1. The molecule has 0 fully saturated rings. The minimum absolute atomic E-state index is 0.130. The van der Waals surface area contributed by atoms with Crippen LogP contribution in [0.4, 0.5) is 5.82 Å². The first-order chi connectivity index (χ1) is 11.6. The molecule has 8 heteroatoms. The maximum atomic E-state index is 12.4. The Morgan fingerprint density at radius 1 is 1.29 bits per heavy atom. The number of tetrazole rings is 1. The van der Waals surface area contributed by atoms with Gasteiger partial charge >= 0.3 is 0 Å². The zero-order chi connectivity index (χ0) is 17.1. The highest BCUT2D eigenvalue weighted by atomic mass is 16.1. The largest absolute Gasteiger partial charge is 0.305 e. The lowest BCUT2D eigenvalue weighted by Crippen LogP contribution is -2.13. The summed E-state index contributed by atoms with van der Waals surface area (Å²) < 4.78 is 3.47. The molecule has 0 bridgehead atoms. The number of nitrogens with one attached hydrogen (secondary N) is 1. The number of nitrogens with zero attached hydrogens (tertiary/aromatic N) is 6. The Hall–Kier alpha value is -3.03. The summed E-state index contributed by atoms with van der Waals surface area (Å²) >= 11 is 0. The van der Waals surface area contributed by atoms with E-state index in [2.05, 4.69) is 25.9 Å². The summed E-state index contributed by atoms with van der Waals surface area (Å²) in [4.78, 5) is 12.4. The maximum Gasteiger partial charge on any atom is 0.256 e. The Morgan fingerprint density at radius 3 is 2.83 bits per heavy atom. The molecule has 2 heterocycles. The van der Waals surface area contributed by atoms with Crippen molar-refractivity contribution in [1.82, 2.24) is 30.0 Å². The standard InChI is InChI=1S/C16H19N7O/c1-4-22-9-8-14(19-22)17-16(24)13-7-5-6-12(10-13)15-18-20-21-23(15)11(2)3/h5-11H,4H2,1-3H3,(H,17,19,24). The van der Waals surface area contributed by atoms with E-state index in [1.807, 2.05) is 39.1 Å². The minimum Gasteiger partial charge on any atom is -0.305 e. The van der Waals surface area contributed by atoms with Gasteiger partial charge in [0, 0.05) is 29.9 Å². The van der Waals surface area contributed by atoms with Gasteiger partial charge in [0.25, 0.3) is 5.91 Å². The topological polar surface area (TPSA) is 90.5 Å². The number of rotatable bonds is 5. The van der Waals surface area contributed by atoms with Crippen LogP contribution in [0, 0.1) is 0 Å². The molecule has 3 rings (SSSR count). The summed E-state index contributed by atoms with van der Waals surface area (Å²) in [6.45, 7) is 6.74. The van der Waals surface area contributed by atoms with Crippen LogP contribution >= 0.6 is 0 Å². The van der Waals surface area contributed by atoms with Gasteiger partial charge in [-0.15, -0.1) is 5.10 Å². The number of hydrogen-bond donors (Lipinski definition) is 1. The molecule has 0 saturated heterocycles. The van der Waals surface area contributed by atoms with Crippen LogP contribution in [0.3, 0.4) is 0 Å². The molecule has 1 aromatic carbocycles. The van der Waals surface area contributed by atoms with E-state index in [0.29, 0.717) is 17.2 Å². The summed E-state index contributed by atoms with van der Waals surface area (Å²) in [6.07, 6.45) is 1.82. The van der Waals surface area contributed by atoms with Gasteiger partial charge in [0.1, 0.15) is 0 Å². The van der Waals surface area contributed by atoms with Gasteiger partial charge in [-0.05, 0) is 43.3 Å². The molecular weight excluding hydrogens is 306 g/mol. The van der Waals surface area contributed by atoms with Crippen LogP contribution in [0.15, 0.2) is 36.5 Å². The third-order valence-electron chi connectivity index (χ3n) is 3.57. The highest BCUT2D eigenvalue weighted by Crippen LogP contribution is 2.20. The average Bonchev–Trinajstić information content (AvgIpc) is 3.24. The van der Waals surface area contributed by atoms with Gasteiger partial charge in [0.05, 0.1) is 6.04 Å². The third-order valence-corrected chi connectivity index (χ3v) is 3.57. The molecular formula is C16H19N7O. The summed E-state index contributed by atoms with van der Waals surface area (Å²) in [5.74, 6) is 0.941. The number of aryl methyl sites for hydroxylation is 1. The Labute approximate surface area is 139 Å². The van der Waals surface area contributed by atoms with E-state index >= 15 is 0 Å². The van der Waals surface area contributed by atoms with E-state index in [0.717, 1.165) is 12.1 Å². The van der Waals surface area contributed by atoms with Crippen molar-refractivity contribution in [3.8, 4) is 11.4 Å². The van der Waals surface area contributed by atoms with Gasteiger partial charge in [0.2, 0.25) is 0 Å². The minimum atomic E-state index is -0.221. The lowest BCUT2D eigenvalue weighted by atomic mass is 10.1. The Balaban J connectivity index is 1.84. The molecule has 0 aliphatic carbocycles. The number of aromatic nitrogens is 6. The number of hydrogen-bond acceptors (Lipinski definition) is 5. The quantitative estimate of drug-likeness (QED) is 0.778. The van der Waals surface area contributed by atoms with E-state index in [1.54, 1.807) is 27.6 Å². The van der Waals surface area contributed by atoms with Crippen molar-refractivity contribution in [2.75, 3.05) is 5.32 Å². The predicted molar refractivity (Wildman–Crippen MR) is 89.5 cm³/mol. The summed E-state index contributed by atoms with van der Waals surface area (Å²) in [5, 5.41) is 18.8. The zero-order valence-corrected chi connectivity index (χ0v) is 13.8. The molecule has 24 heavy (non-hydrogen) atoms. The number of anilines is 1. The zero-order valence-electron chi connectivity index (χ0n) is 13.8. The molecule has 0 radical (unpaired) electrons. The van der Waals surface area contributed by atoms with Gasteiger partial charge in [0.15, 0.2) is 11.6 Å². The smallest absolute Gasteiger partial charge is 0.256 e. The molecule has 0 atom stereocenters. The van der Waals surface area contributed by atoms with E-state index in [1.165, 1.54) is 0 Å². The van der Waals surface area contributed by atoms with Gasteiger partial charge in [-0.3, -0.25) is 9.48 Å². The van der Waals surface area contributed by atoms with Crippen molar-refractivity contribution in [2.45, 2.75) is 33.4 Å². The molecule has 0 unspecified atom stereocenters. The normalized spacial score (nSPS) is 11.0. The van der Waals surface area contributed by atoms with Crippen LogP contribution in [0.5, 0.6) is 0 Å². The highest BCUT2D eigenvalue weighted by molar-refractivity contribution is 6.04. The van der Waals surface area contributed by atoms with E-state index in [9.17, 15) is 4.79 Å². The van der Waals surface area contributed by atoms with Crippen molar-refractivity contribution < 1.29 is 4.79 Å². The van der Waals surface area contributed by atoms with Crippen molar-refractivity contribution in [1.29, 1.82) is 0 Å². The van der Waals surface area contributed by atoms with Crippen LogP contribution in [-0.2, 0) is 6.54 Å². The van der Waals surface area contributed by atoms with Gasteiger partial charge < -0.3 is 5.32 Å². The molecule has 1 N–H and O–H groups in total. The predicted octanol–water partition coefficient (Wildman–Crippen LogP) is 2.39. The summed E-state index contributed by atoms with van der Waals surface area (Å²) in [5.41, 5.74) is 1.32. The Kier molecular flexibility index (Phi) is 4.37. The van der Waals surface area contributed by atoms with Crippen molar-refractivity contribution >= 4 is 11.7 Å². The molecule has 124 valence electrons. The number of carbonyl (C=O) groups excluding carboxylic acids is 1. The maximum absolute atomic E-state index is 12.4. The first-order valence-corrected chi connectivity index (χ1v) is 7.81. The molecule has 0 spiro atoms. The highest BCUT2D eigenvalue weighted by Gasteiger charge is 2.14. The van der Waals surface area contributed by atoms with Crippen LogP contribution in [-0.4, -0.2) is 35.9 Å². The Morgan fingerprint density at radius 2 is 2.12 bits per heavy atom. The number of carbonyl (C=O) groups is 1. The van der Waals surface area contributed by atoms with E-state index < -0.39 is 0 Å². The fourth-order valence-corrected chi connectivity index (χ4v) is 2.32. The molecule has 8 nitrogen and oxygen atoms in total. The van der Waals surface area contributed by atoms with E-state index in [4.69, 9.17) is 0 Å². The van der Waals surface area contributed by atoms with Crippen LogP contribution < -0.4 is 5.32 Å². The van der Waals surface area contributed by atoms with Crippen molar-refractivity contribution in [3.63, 3.8) is 0 Å². The van der Waals surface area contributed by atoms with Gasteiger partial charge in [-0.2, -0.15) is 5.10 Å². The lowest BCUT2D eigenvalue weighted by molar-refractivity contribution is 0.102. The molecule has 0 aliphatic heterocycles. The molecule has 3 aromatic rings. The van der Waals surface area contributed by atoms with Gasteiger partial charge in [-0.1, -0.05) is 12.1 Å².